The van der Waals surface area contributed by atoms with Gasteiger partial charge in [0.25, 0.3) is 0 Å². The lowest BCUT2D eigenvalue weighted by Crippen LogP contribution is -2.40. The number of nitrogens with one attached hydrogen (secondary N) is 1. The number of carbonyl (C=O) groups excluding carboxylic acids is 1. The lowest BCUT2D eigenvalue weighted by Gasteiger charge is -2.22. The molecule has 0 radical (unpaired) electrons. The number of hydrogen-bond donors (Lipinski definition) is 2. The fraction of sp³-hybridized carbons (Fsp3) is 0.875. The van der Waals surface area contributed by atoms with Gasteiger partial charge >= 0.3 is 6.18 Å². The summed E-state index contributed by atoms with van der Waals surface area (Å²) >= 11 is 0. The summed E-state index contributed by atoms with van der Waals surface area (Å²) in [6.45, 7) is 0.0353. The largest absolute Gasteiger partial charge is 0.401 e. The van der Waals surface area contributed by atoms with E-state index in [4.69, 9.17) is 5.11 Å². The maximum Gasteiger partial charge on any atom is 0.401 e. The van der Waals surface area contributed by atoms with Crippen LogP contribution in [0.1, 0.15) is 6.92 Å². The molecule has 0 aliphatic heterocycles. The minimum atomic E-state index is -4.29. The van der Waals surface area contributed by atoms with E-state index in [0.717, 1.165) is 4.90 Å². The molecule has 0 aromatic heterocycles. The number of carbonyl (C=O) groups is 1. The van der Waals surface area contributed by atoms with Crippen LogP contribution in [0.25, 0.3) is 0 Å². The van der Waals surface area contributed by atoms with E-state index in [1.54, 1.807) is 0 Å². The third-order valence-corrected chi connectivity index (χ3v) is 1.62. The van der Waals surface area contributed by atoms with Crippen LogP contribution in [-0.2, 0) is 4.79 Å². The molecule has 0 atom stereocenters. The van der Waals surface area contributed by atoms with E-state index in [1.807, 2.05) is 0 Å². The van der Waals surface area contributed by atoms with Gasteiger partial charge in [-0.25, -0.2) is 0 Å². The van der Waals surface area contributed by atoms with E-state index >= 15 is 0 Å². The summed E-state index contributed by atoms with van der Waals surface area (Å²) in [5.74, 6) is -0.286. The number of rotatable bonds is 6. The van der Waals surface area contributed by atoms with Gasteiger partial charge in [0.05, 0.1) is 13.2 Å². The molecule has 0 aliphatic carbocycles. The first-order valence-electron chi connectivity index (χ1n) is 4.49. The molecular formula is C8H15F3N2O2. The maximum atomic E-state index is 12.0. The topological polar surface area (TPSA) is 52.6 Å². The Balaban J connectivity index is 3.88. The SMILES string of the molecule is CC(=O)NCCN(CCO)CC(F)(F)F. The van der Waals surface area contributed by atoms with Crippen molar-refractivity contribution in [2.45, 2.75) is 13.1 Å². The molecule has 0 aromatic carbocycles. The Morgan fingerprint density at radius 1 is 1.40 bits per heavy atom. The van der Waals surface area contributed by atoms with Gasteiger partial charge in [-0.3, -0.25) is 9.69 Å². The molecule has 0 heterocycles. The fourth-order valence-electron chi connectivity index (χ4n) is 1.05. The highest BCUT2D eigenvalue weighted by molar-refractivity contribution is 5.72. The Hall–Kier alpha value is -0.820. The number of halogens is 3. The Bertz CT molecular complexity index is 197. The minimum absolute atomic E-state index is 0.0565. The molecule has 1 amide bonds. The molecular weight excluding hydrogens is 213 g/mol. The van der Waals surface area contributed by atoms with Crippen LogP contribution in [0, 0.1) is 0 Å². The average molecular weight is 228 g/mol. The lowest BCUT2D eigenvalue weighted by atomic mass is 10.4. The third-order valence-electron chi connectivity index (χ3n) is 1.62. The second kappa shape index (κ2) is 6.62. The van der Waals surface area contributed by atoms with Crippen molar-refractivity contribution in [1.82, 2.24) is 10.2 Å². The maximum absolute atomic E-state index is 12.0. The summed E-state index contributed by atoms with van der Waals surface area (Å²) in [5, 5.41) is 10.9. The summed E-state index contributed by atoms with van der Waals surface area (Å²) in [6, 6.07) is 0. The van der Waals surface area contributed by atoms with E-state index in [1.165, 1.54) is 6.92 Å². The Morgan fingerprint density at radius 3 is 2.40 bits per heavy atom. The van der Waals surface area contributed by atoms with Gasteiger partial charge in [0, 0.05) is 26.6 Å². The van der Waals surface area contributed by atoms with E-state index < -0.39 is 12.7 Å². The van der Waals surface area contributed by atoms with Crippen LogP contribution >= 0.6 is 0 Å². The van der Waals surface area contributed by atoms with Gasteiger partial charge in [-0.15, -0.1) is 0 Å². The molecule has 0 rings (SSSR count). The van der Waals surface area contributed by atoms with Crippen molar-refractivity contribution in [2.24, 2.45) is 0 Å². The molecule has 4 nitrogen and oxygen atoms in total. The second-order valence-corrected chi connectivity index (χ2v) is 3.10. The monoisotopic (exact) mass is 228 g/mol. The molecule has 15 heavy (non-hydrogen) atoms. The smallest absolute Gasteiger partial charge is 0.395 e. The van der Waals surface area contributed by atoms with Crippen molar-refractivity contribution in [3.05, 3.63) is 0 Å². The first kappa shape index (κ1) is 14.2. The van der Waals surface area contributed by atoms with Crippen LogP contribution in [0.2, 0.25) is 0 Å². The Morgan fingerprint density at radius 2 is 2.00 bits per heavy atom. The van der Waals surface area contributed by atoms with Crippen LogP contribution in [0.3, 0.4) is 0 Å². The fourth-order valence-corrected chi connectivity index (χ4v) is 1.05. The van der Waals surface area contributed by atoms with E-state index in [2.05, 4.69) is 5.32 Å². The predicted molar refractivity (Wildman–Crippen MR) is 48.3 cm³/mol. The normalized spacial score (nSPS) is 11.9. The molecule has 0 unspecified atom stereocenters. The molecule has 2 N–H and O–H groups in total. The second-order valence-electron chi connectivity index (χ2n) is 3.10. The first-order valence-corrected chi connectivity index (χ1v) is 4.49. The first-order chi connectivity index (χ1) is 6.85. The highest BCUT2D eigenvalue weighted by atomic mass is 19.4. The molecule has 0 aromatic rings. The number of aliphatic hydroxyl groups excluding tert-OH is 1. The highest BCUT2D eigenvalue weighted by Crippen LogP contribution is 2.15. The highest BCUT2D eigenvalue weighted by Gasteiger charge is 2.30. The molecule has 0 fully saturated rings. The summed E-state index contributed by atoms with van der Waals surface area (Å²) in [7, 11) is 0. The average Bonchev–Trinajstić information content (AvgIpc) is 2.00. The van der Waals surface area contributed by atoms with Gasteiger partial charge in [-0.2, -0.15) is 13.2 Å². The van der Waals surface area contributed by atoms with Gasteiger partial charge in [0.2, 0.25) is 5.91 Å². The number of nitrogens with zero attached hydrogens (tertiary/aromatic N) is 1. The van der Waals surface area contributed by atoms with Crippen LogP contribution in [0.15, 0.2) is 0 Å². The molecule has 0 bridgehead atoms. The number of aliphatic hydroxyl groups is 1. The van der Waals surface area contributed by atoms with Crippen molar-refractivity contribution < 1.29 is 23.1 Å². The van der Waals surface area contributed by atoms with Crippen LogP contribution in [0.5, 0.6) is 0 Å². The molecule has 0 saturated carbocycles. The van der Waals surface area contributed by atoms with Crippen molar-refractivity contribution in [3.8, 4) is 0 Å². The van der Waals surface area contributed by atoms with Crippen LogP contribution in [-0.4, -0.2) is 54.9 Å². The summed E-state index contributed by atoms with van der Waals surface area (Å²) in [4.78, 5) is 11.5. The zero-order chi connectivity index (χ0) is 11.9. The molecule has 0 aliphatic rings. The van der Waals surface area contributed by atoms with Crippen molar-refractivity contribution in [2.75, 3.05) is 32.8 Å². The zero-order valence-electron chi connectivity index (χ0n) is 8.47. The standard InChI is InChI=1S/C8H15F3N2O2/c1-7(15)12-2-3-13(4-5-14)6-8(9,10)11/h14H,2-6H2,1H3,(H,12,15). The van der Waals surface area contributed by atoms with Gasteiger partial charge in [-0.1, -0.05) is 0 Å². The number of amides is 1. The summed E-state index contributed by atoms with van der Waals surface area (Å²) in [6.07, 6.45) is -4.29. The minimum Gasteiger partial charge on any atom is -0.395 e. The molecule has 0 spiro atoms. The van der Waals surface area contributed by atoms with E-state index in [-0.39, 0.29) is 32.1 Å². The lowest BCUT2D eigenvalue weighted by molar-refractivity contribution is -0.146. The zero-order valence-corrected chi connectivity index (χ0v) is 8.47. The van der Waals surface area contributed by atoms with Gasteiger partial charge in [0.1, 0.15) is 0 Å². The van der Waals surface area contributed by atoms with Crippen LogP contribution in [0.4, 0.5) is 13.2 Å². The Labute approximate surface area is 86.1 Å². The molecule has 0 saturated heterocycles. The number of alkyl halides is 3. The molecule has 90 valence electrons. The summed E-state index contributed by atoms with van der Waals surface area (Å²) in [5.41, 5.74) is 0. The summed E-state index contributed by atoms with van der Waals surface area (Å²) < 4.78 is 36.0. The van der Waals surface area contributed by atoms with Gasteiger partial charge < -0.3 is 10.4 Å². The Kier molecular flexibility index (Phi) is 6.26. The molecule has 7 heteroatoms. The van der Waals surface area contributed by atoms with Gasteiger partial charge in [-0.05, 0) is 0 Å². The third kappa shape index (κ3) is 9.48. The number of hydrogen-bond acceptors (Lipinski definition) is 3. The van der Waals surface area contributed by atoms with Crippen LogP contribution < -0.4 is 5.32 Å². The predicted octanol–water partition coefficient (Wildman–Crippen LogP) is -0.0209. The quantitative estimate of drug-likeness (QED) is 0.671. The van der Waals surface area contributed by atoms with E-state index in [9.17, 15) is 18.0 Å². The van der Waals surface area contributed by atoms with Crippen molar-refractivity contribution >= 4 is 5.91 Å². The van der Waals surface area contributed by atoms with Crippen molar-refractivity contribution in [3.63, 3.8) is 0 Å². The van der Waals surface area contributed by atoms with Crippen molar-refractivity contribution in [1.29, 1.82) is 0 Å². The van der Waals surface area contributed by atoms with E-state index in [0.29, 0.717) is 0 Å². The van der Waals surface area contributed by atoms with Gasteiger partial charge in [0.15, 0.2) is 0 Å².